The Morgan fingerprint density at radius 2 is 2.25 bits per heavy atom. The number of rotatable bonds is 5. The fraction of sp³-hybridized carbons (Fsp3) is 0.550. The van der Waals surface area contributed by atoms with E-state index in [2.05, 4.69) is 21.5 Å². The minimum atomic E-state index is -0.128. The molecule has 0 spiro atoms. The zero-order valence-electron chi connectivity index (χ0n) is 16.2. The van der Waals surface area contributed by atoms with Gasteiger partial charge in [-0.3, -0.25) is 4.79 Å². The summed E-state index contributed by atoms with van der Waals surface area (Å²) in [5.74, 6) is -0.128. The Kier molecular flexibility index (Phi) is 6.01. The molecule has 150 valence electrons. The van der Waals surface area contributed by atoms with E-state index < -0.39 is 0 Å². The summed E-state index contributed by atoms with van der Waals surface area (Å²) in [6.07, 6.45) is 6.68. The van der Waals surface area contributed by atoms with Gasteiger partial charge in [0, 0.05) is 42.3 Å². The van der Waals surface area contributed by atoms with Crippen molar-refractivity contribution in [1.29, 1.82) is 0 Å². The summed E-state index contributed by atoms with van der Waals surface area (Å²) in [4.78, 5) is 18.9. The third kappa shape index (κ3) is 4.10. The van der Waals surface area contributed by atoms with Crippen molar-refractivity contribution in [2.45, 2.75) is 45.1 Å². The van der Waals surface area contributed by atoms with Gasteiger partial charge in [-0.25, -0.2) is 9.67 Å². The van der Waals surface area contributed by atoms with Gasteiger partial charge in [-0.1, -0.05) is 0 Å². The third-order valence-corrected chi connectivity index (χ3v) is 6.47. The summed E-state index contributed by atoms with van der Waals surface area (Å²) >= 11 is 1.48. The highest BCUT2D eigenvalue weighted by atomic mass is 32.1. The van der Waals surface area contributed by atoms with Crippen molar-refractivity contribution >= 4 is 38.9 Å². The number of hydrogen-bond acceptors (Lipinski definition) is 6. The van der Waals surface area contributed by atoms with Crippen molar-refractivity contribution in [2.75, 3.05) is 26.3 Å². The van der Waals surface area contributed by atoms with E-state index in [1.54, 1.807) is 0 Å². The molecule has 28 heavy (non-hydrogen) atoms. The number of ether oxygens (including phenoxy) is 1. The number of aryl methyl sites for hydroxylation is 1. The van der Waals surface area contributed by atoms with Gasteiger partial charge in [0.1, 0.15) is 4.83 Å². The van der Waals surface area contributed by atoms with Crippen molar-refractivity contribution in [2.24, 2.45) is 10.7 Å². The van der Waals surface area contributed by atoms with Gasteiger partial charge < -0.3 is 15.8 Å². The molecular formula is C20H27N5O2S. The zero-order valence-corrected chi connectivity index (χ0v) is 17.1. The van der Waals surface area contributed by atoms with Crippen molar-refractivity contribution in [3.8, 4) is 0 Å². The van der Waals surface area contributed by atoms with Crippen molar-refractivity contribution in [3.05, 3.63) is 22.7 Å². The fourth-order valence-electron chi connectivity index (χ4n) is 3.81. The average Bonchev–Trinajstić information content (AvgIpc) is 3.29. The highest BCUT2D eigenvalue weighted by Gasteiger charge is 2.21. The molecule has 1 aliphatic heterocycles. The van der Waals surface area contributed by atoms with Gasteiger partial charge in [-0.05, 0) is 44.7 Å². The molecule has 2 aromatic heterocycles. The van der Waals surface area contributed by atoms with E-state index in [0.717, 1.165) is 66.0 Å². The number of amides is 1. The molecule has 0 radical (unpaired) electrons. The van der Waals surface area contributed by atoms with Gasteiger partial charge in [-0.15, -0.1) is 11.3 Å². The number of nitrogens with zero attached hydrogens (tertiary/aromatic N) is 3. The minimum Gasteiger partial charge on any atom is -0.377 e. The van der Waals surface area contributed by atoms with Crippen LogP contribution in [0.3, 0.4) is 0 Å². The predicted octanol–water partition coefficient (Wildman–Crippen LogP) is 2.74. The van der Waals surface area contributed by atoms with Gasteiger partial charge >= 0.3 is 0 Å². The molecule has 0 atom stereocenters. The lowest BCUT2D eigenvalue weighted by Crippen LogP contribution is -2.36. The topological polar surface area (TPSA) is 94.5 Å². The number of nitrogens with two attached hydrogens (primary N) is 1. The first kappa shape index (κ1) is 19.4. The van der Waals surface area contributed by atoms with Gasteiger partial charge in [0.15, 0.2) is 0 Å². The molecule has 2 aliphatic rings. The molecule has 7 nitrogen and oxygen atoms in total. The molecule has 3 N–H and O–H groups in total. The highest BCUT2D eigenvalue weighted by molar-refractivity contribution is 7.20. The highest BCUT2D eigenvalue weighted by Crippen LogP contribution is 2.32. The quantitative estimate of drug-likeness (QED) is 0.803. The third-order valence-electron chi connectivity index (χ3n) is 5.37. The van der Waals surface area contributed by atoms with Crippen molar-refractivity contribution in [1.82, 2.24) is 15.1 Å². The molecule has 4 rings (SSSR count). The second kappa shape index (κ2) is 8.65. The Bertz CT molecular complexity index is 917. The molecule has 3 heterocycles. The van der Waals surface area contributed by atoms with Crippen LogP contribution in [0.5, 0.6) is 0 Å². The first-order chi connectivity index (χ1) is 13.7. The standard InChI is InChI=1S/C20H27N5O2S/c1-13-17-12-18(28-20(17)25(24-13)16-6-10-27-11-7-16)19(26)23-15-4-2-14(3-5-15)22-9-8-21/h6,12,14,22H,2-5,7-11,21H2,1H3. The molecular weight excluding hydrogens is 374 g/mol. The number of aliphatic imine (C=N–C) groups is 1. The maximum absolute atomic E-state index is 12.8. The Morgan fingerprint density at radius 1 is 1.43 bits per heavy atom. The number of carbonyl (C=O) groups is 1. The SMILES string of the molecule is Cc1nn(C2=CCOCC2)c2sc(C(=O)N=C3CCC(NCCN)CC3)cc12. The monoisotopic (exact) mass is 401 g/mol. The van der Waals surface area contributed by atoms with Crippen molar-refractivity contribution < 1.29 is 9.53 Å². The average molecular weight is 402 g/mol. The molecule has 0 bridgehead atoms. The normalized spacial score (nSPS) is 20.4. The van der Waals surface area contributed by atoms with E-state index in [1.807, 2.05) is 17.7 Å². The van der Waals surface area contributed by atoms with Crippen LogP contribution in [0, 0.1) is 6.92 Å². The Hall–Kier alpha value is -1.87. The van der Waals surface area contributed by atoms with Crippen LogP contribution in [0.25, 0.3) is 15.9 Å². The van der Waals surface area contributed by atoms with E-state index in [4.69, 9.17) is 10.5 Å². The molecule has 0 unspecified atom stereocenters. The number of carbonyl (C=O) groups excluding carboxylic acids is 1. The molecule has 8 heteroatoms. The lowest BCUT2D eigenvalue weighted by Gasteiger charge is -2.23. The van der Waals surface area contributed by atoms with Crippen LogP contribution in [0.15, 0.2) is 17.1 Å². The maximum Gasteiger partial charge on any atom is 0.287 e. The first-order valence-corrected chi connectivity index (χ1v) is 10.8. The lowest BCUT2D eigenvalue weighted by molar-refractivity contribution is 0.101. The lowest BCUT2D eigenvalue weighted by atomic mass is 9.93. The van der Waals surface area contributed by atoms with Gasteiger partial charge in [-0.2, -0.15) is 5.10 Å². The van der Waals surface area contributed by atoms with E-state index >= 15 is 0 Å². The maximum atomic E-state index is 12.8. The van der Waals surface area contributed by atoms with E-state index in [9.17, 15) is 4.79 Å². The summed E-state index contributed by atoms with van der Waals surface area (Å²) in [6.45, 7) is 4.81. The van der Waals surface area contributed by atoms with E-state index in [1.165, 1.54) is 11.3 Å². The Balaban J connectivity index is 1.50. The molecule has 1 fully saturated rings. The van der Waals surface area contributed by atoms with Crippen LogP contribution in [0.4, 0.5) is 0 Å². The van der Waals surface area contributed by atoms with Gasteiger partial charge in [0.05, 0.1) is 23.8 Å². The van der Waals surface area contributed by atoms with Gasteiger partial charge in [0.25, 0.3) is 5.91 Å². The largest absolute Gasteiger partial charge is 0.377 e. The van der Waals surface area contributed by atoms with Crippen LogP contribution in [0.1, 0.15) is 47.5 Å². The Morgan fingerprint density at radius 3 is 2.96 bits per heavy atom. The van der Waals surface area contributed by atoms with Crippen LogP contribution < -0.4 is 11.1 Å². The summed E-state index contributed by atoms with van der Waals surface area (Å²) in [5, 5.41) is 9.15. The predicted molar refractivity (Wildman–Crippen MR) is 113 cm³/mol. The second-order valence-electron chi connectivity index (χ2n) is 7.35. The molecule has 1 aliphatic carbocycles. The molecule has 2 aromatic rings. The Labute approximate surface area is 168 Å². The van der Waals surface area contributed by atoms with Gasteiger partial charge in [0.2, 0.25) is 0 Å². The number of fused-ring (bicyclic) bond motifs is 1. The van der Waals surface area contributed by atoms with Crippen LogP contribution in [-0.2, 0) is 4.74 Å². The van der Waals surface area contributed by atoms with E-state index in [-0.39, 0.29) is 5.91 Å². The number of aromatic nitrogens is 2. The zero-order chi connectivity index (χ0) is 19.5. The first-order valence-electron chi connectivity index (χ1n) is 9.96. The summed E-state index contributed by atoms with van der Waals surface area (Å²) in [5.41, 5.74) is 8.64. The van der Waals surface area contributed by atoms with Crippen LogP contribution >= 0.6 is 11.3 Å². The summed E-state index contributed by atoms with van der Waals surface area (Å²) in [7, 11) is 0. The molecule has 0 aromatic carbocycles. The molecule has 1 saturated carbocycles. The smallest absolute Gasteiger partial charge is 0.287 e. The number of hydrogen-bond donors (Lipinski definition) is 2. The molecule has 1 amide bonds. The van der Waals surface area contributed by atoms with E-state index in [0.29, 0.717) is 30.7 Å². The van der Waals surface area contributed by atoms with Crippen LogP contribution in [-0.4, -0.2) is 53.7 Å². The van der Waals surface area contributed by atoms with Crippen molar-refractivity contribution in [3.63, 3.8) is 0 Å². The number of thiophene rings is 1. The summed E-state index contributed by atoms with van der Waals surface area (Å²) in [6, 6.07) is 2.43. The number of nitrogens with one attached hydrogen (secondary N) is 1. The minimum absolute atomic E-state index is 0.128. The second-order valence-corrected chi connectivity index (χ2v) is 8.38. The fourth-order valence-corrected chi connectivity index (χ4v) is 4.89. The van der Waals surface area contributed by atoms with Crippen LogP contribution in [0.2, 0.25) is 0 Å². The molecule has 0 saturated heterocycles. The summed E-state index contributed by atoms with van der Waals surface area (Å²) < 4.78 is 7.37.